The third-order valence-corrected chi connectivity index (χ3v) is 6.54. The molecule has 1 aliphatic heterocycles. The molecule has 2 heterocycles. The highest BCUT2D eigenvalue weighted by Crippen LogP contribution is 2.26. The topological polar surface area (TPSA) is 71.4 Å². The highest BCUT2D eigenvalue weighted by molar-refractivity contribution is 6.31. The molecule has 0 spiro atoms. The summed E-state index contributed by atoms with van der Waals surface area (Å²) >= 11 is 0. The maximum absolute atomic E-state index is 13.2. The number of aromatic nitrogens is 1. The smallest absolute Gasteiger partial charge is 0.331 e. The average Bonchev–Trinajstić information content (AvgIpc) is 3.20. The molecule has 2 aliphatic rings. The Morgan fingerprint density at radius 3 is 2.53 bits per heavy atom. The van der Waals surface area contributed by atoms with Gasteiger partial charge in [-0.25, -0.2) is 4.79 Å². The van der Waals surface area contributed by atoms with Crippen molar-refractivity contribution < 1.29 is 14.4 Å². The summed E-state index contributed by atoms with van der Waals surface area (Å²) in [6.45, 7) is 0.946. The second kappa shape index (κ2) is 9.51. The summed E-state index contributed by atoms with van der Waals surface area (Å²) in [6.07, 6.45) is 10.8. The molecule has 1 N–H and O–H groups in total. The maximum Gasteiger partial charge on any atom is 0.331 e. The van der Waals surface area contributed by atoms with Crippen LogP contribution in [0.3, 0.4) is 0 Å². The van der Waals surface area contributed by atoms with E-state index in [1.54, 1.807) is 6.08 Å². The van der Waals surface area contributed by atoms with Crippen LogP contribution in [0, 0.1) is 0 Å². The number of barbiturate groups is 1. The van der Waals surface area contributed by atoms with Crippen molar-refractivity contribution in [2.75, 3.05) is 6.54 Å². The van der Waals surface area contributed by atoms with E-state index in [1.165, 1.54) is 12.0 Å². The molecule has 1 aromatic heterocycles. The minimum Gasteiger partial charge on any atom is -0.342 e. The number of carbonyl (C=O) groups is 3. The van der Waals surface area contributed by atoms with E-state index in [0.717, 1.165) is 46.2 Å². The van der Waals surface area contributed by atoms with E-state index < -0.39 is 17.8 Å². The number of benzene rings is 2. The molecule has 34 heavy (non-hydrogen) atoms. The summed E-state index contributed by atoms with van der Waals surface area (Å²) in [7, 11) is 0. The van der Waals surface area contributed by atoms with Gasteiger partial charge in [-0.1, -0.05) is 60.2 Å². The lowest BCUT2D eigenvalue weighted by Gasteiger charge is -2.27. The van der Waals surface area contributed by atoms with Gasteiger partial charge in [-0.15, -0.1) is 0 Å². The molecule has 4 amide bonds. The van der Waals surface area contributed by atoms with Gasteiger partial charge in [0.1, 0.15) is 5.57 Å². The van der Waals surface area contributed by atoms with Gasteiger partial charge < -0.3 is 4.57 Å². The fourth-order valence-electron chi connectivity index (χ4n) is 4.74. The Kier molecular flexibility index (Phi) is 6.12. The number of hydrogen-bond acceptors (Lipinski definition) is 3. The number of imide groups is 2. The van der Waals surface area contributed by atoms with Gasteiger partial charge in [0.15, 0.2) is 0 Å². The van der Waals surface area contributed by atoms with Gasteiger partial charge in [-0.2, -0.15) is 0 Å². The van der Waals surface area contributed by atoms with Gasteiger partial charge in [-0.05, 0) is 49.8 Å². The molecular weight excluding hydrogens is 426 g/mol. The molecule has 1 fully saturated rings. The normalized spacial score (nSPS) is 17.9. The van der Waals surface area contributed by atoms with Crippen molar-refractivity contribution in [1.29, 1.82) is 0 Å². The molecule has 6 nitrogen and oxygen atoms in total. The van der Waals surface area contributed by atoms with Crippen molar-refractivity contribution in [3.8, 4) is 0 Å². The summed E-state index contributed by atoms with van der Waals surface area (Å²) in [4.78, 5) is 39.4. The largest absolute Gasteiger partial charge is 0.342 e. The van der Waals surface area contributed by atoms with E-state index in [9.17, 15) is 14.4 Å². The van der Waals surface area contributed by atoms with Crippen LogP contribution >= 0.6 is 0 Å². The Hall–Kier alpha value is -3.93. The number of allylic oxidation sites excluding steroid dienone is 1. The number of urea groups is 1. The predicted octanol–water partition coefficient (Wildman–Crippen LogP) is 5.04. The molecule has 0 radical (unpaired) electrons. The minimum atomic E-state index is -0.650. The zero-order valence-corrected chi connectivity index (χ0v) is 19.0. The summed E-state index contributed by atoms with van der Waals surface area (Å²) in [5, 5.41) is 3.29. The van der Waals surface area contributed by atoms with E-state index in [2.05, 4.69) is 28.1 Å². The number of nitrogens with zero attached hydrogens (tertiary/aromatic N) is 2. The van der Waals surface area contributed by atoms with Crippen molar-refractivity contribution in [2.24, 2.45) is 0 Å². The summed E-state index contributed by atoms with van der Waals surface area (Å²) in [5.41, 5.74) is 4.20. The first kappa shape index (κ1) is 21.9. The van der Waals surface area contributed by atoms with Gasteiger partial charge in [0.2, 0.25) is 0 Å². The van der Waals surface area contributed by atoms with Gasteiger partial charge in [0.05, 0.1) is 0 Å². The number of nitrogens with one attached hydrogen (secondary N) is 1. The second-order valence-electron chi connectivity index (χ2n) is 8.85. The fraction of sp³-hybridized carbons (Fsp3) is 0.250. The van der Waals surface area contributed by atoms with Gasteiger partial charge >= 0.3 is 6.03 Å². The summed E-state index contributed by atoms with van der Waals surface area (Å²) in [6, 6.07) is 17.4. The predicted molar refractivity (Wildman–Crippen MR) is 132 cm³/mol. The minimum absolute atomic E-state index is 0.0140. The highest BCUT2D eigenvalue weighted by atomic mass is 16.2. The van der Waals surface area contributed by atoms with E-state index in [0.29, 0.717) is 13.0 Å². The van der Waals surface area contributed by atoms with Gasteiger partial charge in [-0.3, -0.25) is 19.8 Å². The molecular formula is C28H27N3O3. The fourth-order valence-corrected chi connectivity index (χ4v) is 4.74. The Bertz CT molecular complexity index is 1320. The van der Waals surface area contributed by atoms with Crippen LogP contribution in [-0.4, -0.2) is 33.9 Å². The molecule has 5 rings (SSSR count). The first-order valence-corrected chi connectivity index (χ1v) is 11.8. The molecule has 0 unspecified atom stereocenters. The molecule has 1 saturated heterocycles. The molecule has 2 aromatic carbocycles. The molecule has 172 valence electrons. The van der Waals surface area contributed by atoms with Crippen LogP contribution < -0.4 is 5.32 Å². The molecule has 6 heteroatoms. The third-order valence-electron chi connectivity index (χ3n) is 6.54. The number of fused-ring (bicyclic) bond motifs is 1. The first-order valence-electron chi connectivity index (χ1n) is 11.8. The lowest BCUT2D eigenvalue weighted by Crippen LogP contribution is -2.54. The number of amides is 4. The zero-order chi connectivity index (χ0) is 23.5. The van der Waals surface area contributed by atoms with E-state index >= 15 is 0 Å². The zero-order valence-electron chi connectivity index (χ0n) is 19.0. The Morgan fingerprint density at radius 1 is 0.941 bits per heavy atom. The van der Waals surface area contributed by atoms with Crippen molar-refractivity contribution in [2.45, 2.75) is 38.6 Å². The van der Waals surface area contributed by atoms with Gasteiger partial charge in [0, 0.05) is 35.8 Å². The van der Waals surface area contributed by atoms with Crippen molar-refractivity contribution in [1.82, 2.24) is 14.8 Å². The Labute approximate surface area is 198 Å². The van der Waals surface area contributed by atoms with Crippen LogP contribution in [0.1, 0.15) is 43.2 Å². The van der Waals surface area contributed by atoms with Crippen LogP contribution in [0.2, 0.25) is 0 Å². The number of carbonyl (C=O) groups excluding carboxylic acids is 3. The molecule has 1 aliphatic carbocycles. The molecule has 0 saturated carbocycles. The third kappa shape index (κ3) is 4.44. The summed E-state index contributed by atoms with van der Waals surface area (Å²) < 4.78 is 2.11. The van der Waals surface area contributed by atoms with Crippen molar-refractivity contribution in [3.05, 3.63) is 89.1 Å². The summed E-state index contributed by atoms with van der Waals surface area (Å²) in [5.74, 6) is -1.19. The number of rotatable bonds is 6. The maximum atomic E-state index is 13.2. The van der Waals surface area contributed by atoms with Crippen LogP contribution in [0.25, 0.3) is 17.0 Å². The SMILES string of the molecule is O=C1NC(=O)N(CCC2=CCCCC2)C(=O)/C1=C/c1cn(Cc2ccccc2)c2ccccc12. The Balaban J connectivity index is 1.45. The standard InChI is InChI=1S/C28H27N3O3/c32-26-24(27(33)31(28(34)29-26)16-15-20-9-3-1-4-10-20)17-22-19-30(18-21-11-5-2-6-12-21)25-14-8-7-13-23(22)25/h2,5-9,11-14,17,19H,1,3-4,10,15-16,18H2,(H,29,32,34)/b24-17+. The monoisotopic (exact) mass is 453 g/mol. The van der Waals surface area contributed by atoms with Crippen LogP contribution in [0.15, 0.2) is 78.0 Å². The van der Waals surface area contributed by atoms with Crippen LogP contribution in [-0.2, 0) is 16.1 Å². The Morgan fingerprint density at radius 2 is 1.74 bits per heavy atom. The van der Waals surface area contributed by atoms with E-state index in [-0.39, 0.29) is 12.1 Å². The molecule has 0 atom stereocenters. The lowest BCUT2D eigenvalue weighted by atomic mass is 9.97. The number of para-hydroxylation sites is 1. The van der Waals surface area contributed by atoms with Crippen molar-refractivity contribution >= 4 is 34.8 Å². The van der Waals surface area contributed by atoms with E-state index in [1.807, 2.05) is 48.7 Å². The second-order valence-corrected chi connectivity index (χ2v) is 8.85. The van der Waals surface area contributed by atoms with E-state index in [4.69, 9.17) is 0 Å². The van der Waals surface area contributed by atoms with Crippen LogP contribution in [0.4, 0.5) is 4.79 Å². The average molecular weight is 454 g/mol. The quantitative estimate of drug-likeness (QED) is 0.323. The molecule has 0 bridgehead atoms. The van der Waals surface area contributed by atoms with Gasteiger partial charge in [0.25, 0.3) is 11.8 Å². The highest BCUT2D eigenvalue weighted by Gasteiger charge is 2.35. The first-order chi connectivity index (χ1) is 16.6. The molecule has 3 aromatic rings. The van der Waals surface area contributed by atoms with Crippen LogP contribution in [0.5, 0.6) is 0 Å². The number of hydrogen-bond donors (Lipinski definition) is 1. The van der Waals surface area contributed by atoms with Crippen molar-refractivity contribution in [3.63, 3.8) is 0 Å². The lowest BCUT2D eigenvalue weighted by molar-refractivity contribution is -0.130.